The van der Waals surface area contributed by atoms with Gasteiger partial charge < -0.3 is 11.5 Å². The molecule has 70 valence electrons. The topological polar surface area (TPSA) is 64.9 Å². The van der Waals surface area contributed by atoms with E-state index in [1.165, 1.54) is 0 Å². The lowest BCUT2D eigenvalue weighted by Gasteiger charge is -2.12. The van der Waals surface area contributed by atoms with E-state index in [-0.39, 0.29) is 6.04 Å². The van der Waals surface area contributed by atoms with Gasteiger partial charge in [0, 0.05) is 12.2 Å². The van der Waals surface area contributed by atoms with Gasteiger partial charge in [0.1, 0.15) is 5.82 Å². The number of nitrogens with two attached hydrogens (primary N) is 2. The quantitative estimate of drug-likeness (QED) is 0.688. The van der Waals surface area contributed by atoms with Gasteiger partial charge in [-0.1, -0.05) is 6.08 Å². The van der Waals surface area contributed by atoms with E-state index in [0.717, 1.165) is 17.5 Å². The third-order valence-electron chi connectivity index (χ3n) is 1.99. The number of hydrogen-bond donors (Lipinski definition) is 2. The van der Waals surface area contributed by atoms with Crippen LogP contribution in [0.15, 0.2) is 24.9 Å². The Kier molecular flexibility index (Phi) is 3.03. The van der Waals surface area contributed by atoms with Crippen molar-refractivity contribution in [3.05, 3.63) is 36.0 Å². The zero-order chi connectivity index (χ0) is 9.84. The van der Waals surface area contributed by atoms with Crippen molar-refractivity contribution in [1.29, 1.82) is 0 Å². The fourth-order valence-corrected chi connectivity index (χ4v) is 1.28. The normalized spacial score (nSPS) is 12.5. The lowest BCUT2D eigenvalue weighted by atomic mass is 10.0. The van der Waals surface area contributed by atoms with E-state index in [1.807, 2.05) is 13.0 Å². The van der Waals surface area contributed by atoms with E-state index in [1.54, 1.807) is 12.3 Å². The molecular formula is C10H15N3. The van der Waals surface area contributed by atoms with E-state index in [2.05, 4.69) is 11.6 Å². The Hall–Kier alpha value is -1.35. The van der Waals surface area contributed by atoms with Crippen LogP contribution in [0.2, 0.25) is 0 Å². The van der Waals surface area contributed by atoms with Gasteiger partial charge in [0.05, 0.1) is 0 Å². The summed E-state index contributed by atoms with van der Waals surface area (Å²) in [5.74, 6) is 0.534. The van der Waals surface area contributed by atoms with Crippen LogP contribution in [0.5, 0.6) is 0 Å². The van der Waals surface area contributed by atoms with E-state index in [9.17, 15) is 0 Å². The molecule has 3 heteroatoms. The Morgan fingerprint density at radius 2 is 2.38 bits per heavy atom. The molecule has 0 bridgehead atoms. The highest BCUT2D eigenvalue weighted by molar-refractivity contribution is 5.37. The number of aryl methyl sites for hydroxylation is 1. The van der Waals surface area contributed by atoms with Crippen molar-refractivity contribution in [2.45, 2.75) is 19.4 Å². The molecule has 1 atom stereocenters. The van der Waals surface area contributed by atoms with Gasteiger partial charge in [-0.3, -0.25) is 0 Å². The standard InChI is InChI=1S/C10H15N3/c1-3-4-9(11)8-6-13-10(12)5-7(8)2/h3,5-6,9H,1,4,11H2,2H3,(H2,12,13). The lowest BCUT2D eigenvalue weighted by molar-refractivity contribution is 0.732. The summed E-state index contributed by atoms with van der Waals surface area (Å²) in [5.41, 5.74) is 13.6. The van der Waals surface area contributed by atoms with Gasteiger partial charge in [-0.05, 0) is 30.5 Å². The van der Waals surface area contributed by atoms with Crippen LogP contribution in [-0.2, 0) is 0 Å². The molecule has 0 aromatic carbocycles. The Bertz CT molecular complexity index is 307. The Morgan fingerprint density at radius 3 is 2.92 bits per heavy atom. The largest absolute Gasteiger partial charge is 0.384 e. The number of rotatable bonds is 3. The summed E-state index contributed by atoms with van der Waals surface area (Å²) in [6, 6.07) is 1.81. The highest BCUT2D eigenvalue weighted by Crippen LogP contribution is 2.18. The second kappa shape index (κ2) is 4.05. The highest BCUT2D eigenvalue weighted by Gasteiger charge is 2.07. The SMILES string of the molecule is C=CCC(N)c1cnc(N)cc1C. The van der Waals surface area contributed by atoms with Crippen LogP contribution in [0, 0.1) is 6.92 Å². The predicted octanol–water partition coefficient (Wildman–Crippen LogP) is 1.55. The molecule has 4 N–H and O–H groups in total. The fourth-order valence-electron chi connectivity index (χ4n) is 1.28. The lowest BCUT2D eigenvalue weighted by Crippen LogP contribution is -2.11. The number of nitrogen functional groups attached to an aromatic ring is 1. The van der Waals surface area contributed by atoms with Gasteiger partial charge in [-0.2, -0.15) is 0 Å². The predicted molar refractivity (Wildman–Crippen MR) is 55.1 cm³/mol. The minimum atomic E-state index is -0.0226. The molecule has 1 rings (SSSR count). The van der Waals surface area contributed by atoms with Crippen LogP contribution in [0.1, 0.15) is 23.6 Å². The van der Waals surface area contributed by atoms with Crippen molar-refractivity contribution < 1.29 is 0 Å². The molecule has 0 aliphatic carbocycles. The number of nitrogens with zero attached hydrogens (tertiary/aromatic N) is 1. The zero-order valence-corrected chi connectivity index (χ0v) is 7.83. The van der Waals surface area contributed by atoms with Gasteiger partial charge in [-0.25, -0.2) is 4.98 Å². The molecule has 1 aromatic rings. The number of hydrogen-bond acceptors (Lipinski definition) is 3. The van der Waals surface area contributed by atoms with Crippen LogP contribution in [0.4, 0.5) is 5.82 Å². The molecule has 0 spiro atoms. The number of anilines is 1. The summed E-state index contributed by atoms with van der Waals surface area (Å²) in [6.45, 7) is 5.63. The van der Waals surface area contributed by atoms with Crippen LogP contribution in [-0.4, -0.2) is 4.98 Å². The van der Waals surface area contributed by atoms with E-state index in [4.69, 9.17) is 11.5 Å². The molecular weight excluding hydrogens is 162 g/mol. The first kappa shape index (κ1) is 9.74. The summed E-state index contributed by atoms with van der Waals surface area (Å²) < 4.78 is 0. The molecule has 0 saturated carbocycles. The molecule has 13 heavy (non-hydrogen) atoms. The summed E-state index contributed by atoms with van der Waals surface area (Å²) in [4.78, 5) is 4.01. The first-order chi connectivity index (χ1) is 6.15. The molecule has 1 unspecified atom stereocenters. The Balaban J connectivity index is 2.94. The van der Waals surface area contributed by atoms with Gasteiger partial charge in [-0.15, -0.1) is 6.58 Å². The van der Waals surface area contributed by atoms with Crippen LogP contribution in [0.3, 0.4) is 0 Å². The summed E-state index contributed by atoms with van der Waals surface area (Å²) >= 11 is 0. The van der Waals surface area contributed by atoms with E-state index in [0.29, 0.717) is 5.82 Å². The van der Waals surface area contributed by atoms with Crippen LogP contribution in [0.25, 0.3) is 0 Å². The Labute approximate surface area is 78.5 Å². The average Bonchev–Trinajstić information content (AvgIpc) is 2.04. The van der Waals surface area contributed by atoms with Crippen molar-refractivity contribution >= 4 is 5.82 Å². The summed E-state index contributed by atoms with van der Waals surface area (Å²) in [5, 5.41) is 0. The summed E-state index contributed by atoms with van der Waals surface area (Å²) in [6.07, 6.45) is 4.30. The summed E-state index contributed by atoms with van der Waals surface area (Å²) in [7, 11) is 0. The highest BCUT2D eigenvalue weighted by atomic mass is 14.8. The molecule has 3 nitrogen and oxygen atoms in total. The first-order valence-electron chi connectivity index (χ1n) is 4.23. The van der Waals surface area contributed by atoms with Crippen LogP contribution < -0.4 is 11.5 Å². The monoisotopic (exact) mass is 177 g/mol. The van der Waals surface area contributed by atoms with Crippen LogP contribution >= 0.6 is 0 Å². The smallest absolute Gasteiger partial charge is 0.123 e. The maximum atomic E-state index is 5.90. The zero-order valence-electron chi connectivity index (χ0n) is 7.83. The van der Waals surface area contributed by atoms with Crippen molar-refractivity contribution in [2.24, 2.45) is 5.73 Å². The first-order valence-corrected chi connectivity index (χ1v) is 4.23. The second-order valence-corrected chi connectivity index (χ2v) is 3.10. The minimum Gasteiger partial charge on any atom is -0.384 e. The molecule has 0 aliphatic heterocycles. The van der Waals surface area contributed by atoms with Crippen molar-refractivity contribution in [1.82, 2.24) is 4.98 Å². The molecule has 0 aliphatic rings. The second-order valence-electron chi connectivity index (χ2n) is 3.10. The van der Waals surface area contributed by atoms with Crippen molar-refractivity contribution in [2.75, 3.05) is 5.73 Å². The third kappa shape index (κ3) is 2.29. The van der Waals surface area contributed by atoms with Crippen molar-refractivity contribution in [3.8, 4) is 0 Å². The molecule has 1 aromatic heterocycles. The Morgan fingerprint density at radius 1 is 1.69 bits per heavy atom. The van der Waals surface area contributed by atoms with Gasteiger partial charge in [0.25, 0.3) is 0 Å². The van der Waals surface area contributed by atoms with E-state index < -0.39 is 0 Å². The number of pyridine rings is 1. The number of aromatic nitrogens is 1. The van der Waals surface area contributed by atoms with E-state index >= 15 is 0 Å². The molecule has 0 amide bonds. The third-order valence-corrected chi connectivity index (χ3v) is 1.99. The fraction of sp³-hybridized carbons (Fsp3) is 0.300. The minimum absolute atomic E-state index is 0.0226. The average molecular weight is 177 g/mol. The maximum Gasteiger partial charge on any atom is 0.123 e. The molecule has 0 saturated heterocycles. The molecule has 0 radical (unpaired) electrons. The van der Waals surface area contributed by atoms with Crippen molar-refractivity contribution in [3.63, 3.8) is 0 Å². The van der Waals surface area contributed by atoms with Gasteiger partial charge in [0.15, 0.2) is 0 Å². The van der Waals surface area contributed by atoms with Gasteiger partial charge in [0.2, 0.25) is 0 Å². The van der Waals surface area contributed by atoms with Gasteiger partial charge >= 0.3 is 0 Å². The molecule has 1 heterocycles. The molecule has 0 fully saturated rings. The maximum absolute atomic E-state index is 5.90.